The molecule has 8 heteroatoms. The molecule has 1 N–H and O–H groups in total. The number of likely N-dealkylation sites (tertiary alicyclic amines) is 1. The first-order valence-electron chi connectivity index (χ1n) is 14.5. The largest absolute Gasteiger partial charge is 0.481 e. The molecule has 0 bridgehead atoms. The van der Waals surface area contributed by atoms with Gasteiger partial charge in [-0.1, -0.05) is 45.4 Å². The van der Waals surface area contributed by atoms with Crippen LogP contribution in [0.5, 0.6) is 11.5 Å². The molecule has 218 valence electrons. The number of hydrogen-bond acceptors (Lipinski definition) is 6. The Balaban J connectivity index is 1.86. The number of rotatable bonds is 15. The average Bonchev–Trinajstić information content (AvgIpc) is 3.47. The van der Waals surface area contributed by atoms with E-state index in [1.165, 1.54) is 0 Å². The van der Waals surface area contributed by atoms with Crippen molar-refractivity contribution < 1.29 is 24.2 Å². The molecule has 3 rings (SSSR count). The highest BCUT2D eigenvalue weighted by molar-refractivity contribution is 5.79. The second-order valence-electron chi connectivity index (χ2n) is 12.0. The number of benzene rings is 1. The van der Waals surface area contributed by atoms with Crippen molar-refractivity contribution in [1.82, 2.24) is 14.7 Å². The van der Waals surface area contributed by atoms with Crippen LogP contribution in [0, 0.1) is 11.3 Å². The Hall–Kier alpha value is -2.58. The lowest BCUT2D eigenvalue weighted by Crippen LogP contribution is -2.46. The van der Waals surface area contributed by atoms with E-state index >= 15 is 0 Å². The van der Waals surface area contributed by atoms with Crippen LogP contribution in [0.15, 0.2) is 30.4 Å². The van der Waals surface area contributed by atoms with Crippen LogP contribution in [0.1, 0.15) is 71.3 Å². The van der Waals surface area contributed by atoms with Crippen molar-refractivity contribution in [3.05, 3.63) is 35.9 Å². The Morgan fingerprint density at radius 2 is 1.79 bits per heavy atom. The van der Waals surface area contributed by atoms with E-state index < -0.39 is 11.9 Å². The number of aliphatic carboxylic acids is 1. The second-order valence-corrected chi connectivity index (χ2v) is 12.0. The van der Waals surface area contributed by atoms with Crippen LogP contribution >= 0.6 is 0 Å². The maximum Gasteiger partial charge on any atom is 0.308 e. The zero-order valence-corrected chi connectivity index (χ0v) is 24.8. The van der Waals surface area contributed by atoms with Crippen molar-refractivity contribution in [3.63, 3.8) is 0 Å². The highest BCUT2D eigenvalue weighted by Crippen LogP contribution is 2.45. The van der Waals surface area contributed by atoms with Crippen molar-refractivity contribution in [1.29, 1.82) is 0 Å². The summed E-state index contributed by atoms with van der Waals surface area (Å²) in [7, 11) is 4.14. The minimum atomic E-state index is -0.819. The molecule has 2 heterocycles. The molecule has 1 amide bonds. The van der Waals surface area contributed by atoms with Gasteiger partial charge in [-0.2, -0.15) is 0 Å². The Kier molecular flexibility index (Phi) is 11.2. The van der Waals surface area contributed by atoms with Crippen molar-refractivity contribution in [2.45, 2.75) is 71.8 Å². The smallest absolute Gasteiger partial charge is 0.308 e. The molecule has 0 spiro atoms. The molecule has 1 aromatic carbocycles. The quantitative estimate of drug-likeness (QED) is 0.250. The fraction of sp³-hybridized carbons (Fsp3) is 0.677. The molecule has 2 aliphatic rings. The number of nitrogens with zero attached hydrogens (tertiary/aromatic N) is 3. The first-order valence-corrected chi connectivity index (χ1v) is 14.5. The van der Waals surface area contributed by atoms with E-state index in [0.717, 1.165) is 50.9 Å². The summed E-state index contributed by atoms with van der Waals surface area (Å²) in [5.41, 5.74) is 0.716. The van der Waals surface area contributed by atoms with Gasteiger partial charge in [0, 0.05) is 31.6 Å². The first kappa shape index (κ1) is 31.0. The Morgan fingerprint density at radius 1 is 1.10 bits per heavy atom. The monoisotopic (exact) mass is 543 g/mol. The molecule has 3 atom stereocenters. The summed E-state index contributed by atoms with van der Waals surface area (Å²) < 4.78 is 11.1. The van der Waals surface area contributed by atoms with Crippen molar-refractivity contribution in [2.75, 3.05) is 53.6 Å². The van der Waals surface area contributed by atoms with Gasteiger partial charge in [0.05, 0.1) is 12.5 Å². The summed E-state index contributed by atoms with van der Waals surface area (Å²) in [4.78, 5) is 32.8. The van der Waals surface area contributed by atoms with E-state index in [9.17, 15) is 14.7 Å². The van der Waals surface area contributed by atoms with Crippen molar-refractivity contribution in [2.24, 2.45) is 11.3 Å². The predicted octanol–water partition coefficient (Wildman–Crippen LogP) is 4.85. The van der Waals surface area contributed by atoms with Crippen LogP contribution in [0.25, 0.3) is 0 Å². The number of carbonyl (C=O) groups excluding carboxylic acids is 1. The van der Waals surface area contributed by atoms with E-state index in [2.05, 4.69) is 50.7 Å². The minimum absolute atomic E-state index is 0.0950. The van der Waals surface area contributed by atoms with E-state index in [0.29, 0.717) is 24.5 Å². The summed E-state index contributed by atoms with van der Waals surface area (Å²) in [6.07, 6.45) is 8.81. The van der Waals surface area contributed by atoms with Crippen LogP contribution < -0.4 is 9.47 Å². The number of ether oxygens (including phenoxy) is 2. The third-order valence-electron chi connectivity index (χ3n) is 7.97. The summed E-state index contributed by atoms with van der Waals surface area (Å²) in [6.45, 7) is 11.8. The van der Waals surface area contributed by atoms with Gasteiger partial charge in [-0.3, -0.25) is 14.5 Å². The maximum absolute atomic E-state index is 13.7. The first-order chi connectivity index (χ1) is 18.6. The van der Waals surface area contributed by atoms with Gasteiger partial charge < -0.3 is 24.4 Å². The molecule has 0 radical (unpaired) electrons. The van der Waals surface area contributed by atoms with Gasteiger partial charge in [-0.05, 0) is 76.4 Å². The standard InChI is InChI=1S/C31H49N3O5/c1-7-9-16-33(17-11-10-15-32(5)6)28(35)21-34-20-24(23-12-13-26-27(18-23)39-22-38-26)29(30(36)37)25(34)19-31(3,4)14-8-2/h8,12-14,18,24-25,29H,7,9-11,15-17,19-22H2,1-6H3,(H,36,37)/t24-,25+,29?/m1/s1. The zero-order chi connectivity index (χ0) is 28.6. The zero-order valence-electron chi connectivity index (χ0n) is 24.8. The van der Waals surface area contributed by atoms with Crippen molar-refractivity contribution in [3.8, 4) is 11.5 Å². The Bertz CT molecular complexity index is 992. The molecule has 39 heavy (non-hydrogen) atoms. The molecule has 0 aliphatic carbocycles. The normalized spacial score (nSPS) is 21.3. The van der Waals surface area contributed by atoms with E-state index in [-0.39, 0.29) is 36.6 Å². The Morgan fingerprint density at radius 3 is 2.46 bits per heavy atom. The molecule has 2 aliphatic heterocycles. The number of carboxylic acid groups (broad SMARTS) is 1. The molecule has 0 aromatic heterocycles. The summed E-state index contributed by atoms with van der Waals surface area (Å²) in [5, 5.41) is 10.5. The highest BCUT2D eigenvalue weighted by Gasteiger charge is 2.48. The lowest BCUT2D eigenvalue weighted by molar-refractivity contribution is -0.144. The van der Waals surface area contributed by atoms with Crippen LogP contribution in [0.2, 0.25) is 0 Å². The third kappa shape index (κ3) is 8.45. The molecular weight excluding hydrogens is 494 g/mol. The van der Waals surface area contributed by atoms with Gasteiger partial charge in [0.25, 0.3) is 0 Å². The van der Waals surface area contributed by atoms with E-state index in [1.54, 1.807) is 0 Å². The molecule has 1 fully saturated rings. The number of carboxylic acids is 1. The lowest BCUT2D eigenvalue weighted by atomic mass is 9.77. The van der Waals surface area contributed by atoms with Crippen LogP contribution in [-0.2, 0) is 9.59 Å². The van der Waals surface area contributed by atoms with E-state index in [4.69, 9.17) is 9.47 Å². The highest BCUT2D eigenvalue weighted by atomic mass is 16.7. The second kappa shape index (κ2) is 14.2. The summed E-state index contributed by atoms with van der Waals surface area (Å²) in [6, 6.07) is 5.46. The number of unbranched alkanes of at least 4 members (excludes halogenated alkanes) is 2. The SMILES string of the molecule is CC=CC(C)(C)C[C@H]1C(C(=O)O)[C@@H](c2ccc3c(c2)OCO3)CN1CC(=O)N(CCCC)CCCCN(C)C. The Labute approximate surface area is 234 Å². The third-order valence-corrected chi connectivity index (χ3v) is 7.97. The molecule has 1 unspecified atom stereocenters. The fourth-order valence-electron chi connectivity index (χ4n) is 6.00. The number of allylic oxidation sites excluding steroid dienone is 2. The topological polar surface area (TPSA) is 82.5 Å². The van der Waals surface area contributed by atoms with Gasteiger partial charge in [-0.15, -0.1) is 0 Å². The van der Waals surface area contributed by atoms with Gasteiger partial charge in [-0.25, -0.2) is 0 Å². The molecule has 8 nitrogen and oxygen atoms in total. The summed E-state index contributed by atoms with van der Waals surface area (Å²) in [5.74, 6) is -0.270. The molecule has 1 saturated heterocycles. The van der Waals surface area contributed by atoms with Gasteiger partial charge in [0.15, 0.2) is 11.5 Å². The predicted molar refractivity (Wildman–Crippen MR) is 154 cm³/mol. The number of hydrogen-bond donors (Lipinski definition) is 1. The lowest BCUT2D eigenvalue weighted by Gasteiger charge is -2.34. The number of fused-ring (bicyclic) bond motifs is 1. The van der Waals surface area contributed by atoms with Gasteiger partial charge in [0.2, 0.25) is 12.7 Å². The van der Waals surface area contributed by atoms with Crippen LogP contribution in [0.4, 0.5) is 0 Å². The van der Waals surface area contributed by atoms with Crippen molar-refractivity contribution >= 4 is 11.9 Å². The van der Waals surface area contributed by atoms with Crippen LogP contribution in [0.3, 0.4) is 0 Å². The number of amides is 1. The van der Waals surface area contributed by atoms with Crippen LogP contribution in [-0.4, -0.2) is 91.3 Å². The molecule has 0 saturated carbocycles. The maximum atomic E-state index is 13.7. The minimum Gasteiger partial charge on any atom is -0.481 e. The number of carbonyl (C=O) groups is 2. The average molecular weight is 544 g/mol. The molecular formula is C31H49N3O5. The summed E-state index contributed by atoms with van der Waals surface area (Å²) >= 11 is 0. The van der Waals surface area contributed by atoms with Gasteiger partial charge >= 0.3 is 5.97 Å². The fourth-order valence-corrected chi connectivity index (χ4v) is 6.00. The molecule has 1 aromatic rings. The van der Waals surface area contributed by atoms with E-state index in [1.807, 2.05) is 36.1 Å². The van der Waals surface area contributed by atoms with Gasteiger partial charge in [0.1, 0.15) is 0 Å².